The van der Waals surface area contributed by atoms with E-state index < -0.39 is 9.84 Å². The lowest BCUT2D eigenvalue weighted by Crippen LogP contribution is -1.96. The van der Waals surface area contributed by atoms with Crippen molar-refractivity contribution in [3.8, 4) is 22.3 Å². The molecule has 0 bridgehead atoms. The van der Waals surface area contributed by atoms with E-state index in [-0.39, 0.29) is 0 Å². The third kappa shape index (κ3) is 2.41. The van der Waals surface area contributed by atoms with Crippen molar-refractivity contribution in [1.29, 1.82) is 0 Å². The second kappa shape index (κ2) is 6.33. The van der Waals surface area contributed by atoms with Crippen molar-refractivity contribution in [3.05, 3.63) is 97.1 Å². The standard InChI is InChI=1S/C29H19NO2S/c1-30-25-14-12-19(16-24(25)29-21-7-3-2-6-18(21)11-15-26(29)30)20-10-13-23-22-8-4-5-9-27(22)33(31,32)28(23)17-20/h2-17H,1H3. The fourth-order valence-electron chi connectivity index (χ4n) is 5.35. The van der Waals surface area contributed by atoms with Crippen LogP contribution in [0.15, 0.2) is 107 Å². The average Bonchev–Trinajstić information content (AvgIpc) is 3.27. The van der Waals surface area contributed by atoms with Gasteiger partial charge in [0.05, 0.1) is 9.79 Å². The summed E-state index contributed by atoms with van der Waals surface area (Å²) in [6.45, 7) is 0. The smallest absolute Gasteiger partial charge is 0.207 e. The van der Waals surface area contributed by atoms with E-state index in [0.717, 1.165) is 27.8 Å². The van der Waals surface area contributed by atoms with Crippen LogP contribution in [0, 0.1) is 0 Å². The zero-order valence-corrected chi connectivity index (χ0v) is 18.7. The summed E-state index contributed by atoms with van der Waals surface area (Å²) in [6, 6.07) is 32.2. The van der Waals surface area contributed by atoms with Gasteiger partial charge < -0.3 is 4.57 Å². The highest BCUT2D eigenvalue weighted by Gasteiger charge is 2.32. The Morgan fingerprint density at radius 2 is 1.30 bits per heavy atom. The fraction of sp³-hybridized carbons (Fsp3) is 0.0345. The fourth-order valence-corrected chi connectivity index (χ4v) is 7.06. The van der Waals surface area contributed by atoms with E-state index in [1.807, 2.05) is 30.3 Å². The molecule has 4 heteroatoms. The van der Waals surface area contributed by atoms with Gasteiger partial charge in [0.1, 0.15) is 0 Å². The molecule has 2 heterocycles. The molecule has 0 saturated carbocycles. The molecule has 0 amide bonds. The Bertz CT molecular complexity index is 1890. The van der Waals surface area contributed by atoms with Crippen LogP contribution in [0.3, 0.4) is 0 Å². The highest BCUT2D eigenvalue weighted by Crippen LogP contribution is 2.45. The zero-order chi connectivity index (χ0) is 22.3. The van der Waals surface area contributed by atoms with Gasteiger partial charge in [-0.15, -0.1) is 0 Å². The minimum Gasteiger partial charge on any atom is -0.344 e. The molecular formula is C29H19NO2S. The molecule has 158 valence electrons. The number of benzene rings is 5. The lowest BCUT2D eigenvalue weighted by atomic mass is 9.98. The number of nitrogens with zero attached hydrogens (tertiary/aromatic N) is 1. The molecule has 0 spiro atoms. The number of rotatable bonds is 1. The maximum Gasteiger partial charge on any atom is 0.207 e. The highest BCUT2D eigenvalue weighted by molar-refractivity contribution is 7.92. The van der Waals surface area contributed by atoms with Gasteiger partial charge in [0.15, 0.2) is 0 Å². The molecule has 0 fully saturated rings. The molecule has 0 radical (unpaired) electrons. The summed E-state index contributed by atoms with van der Waals surface area (Å²) in [7, 11) is -1.41. The maximum atomic E-state index is 13.2. The van der Waals surface area contributed by atoms with Crippen LogP contribution >= 0.6 is 0 Å². The summed E-state index contributed by atoms with van der Waals surface area (Å²) in [6.07, 6.45) is 0. The molecule has 0 atom stereocenters. The van der Waals surface area contributed by atoms with Gasteiger partial charge in [-0.2, -0.15) is 0 Å². The molecule has 0 aliphatic carbocycles. The van der Waals surface area contributed by atoms with Gasteiger partial charge in [-0.05, 0) is 52.2 Å². The van der Waals surface area contributed by atoms with E-state index in [4.69, 9.17) is 0 Å². The van der Waals surface area contributed by atoms with Crippen LogP contribution in [0.1, 0.15) is 0 Å². The summed E-state index contributed by atoms with van der Waals surface area (Å²) in [5.41, 5.74) is 5.84. The number of fused-ring (bicyclic) bond motifs is 8. The molecule has 0 unspecified atom stereocenters. The van der Waals surface area contributed by atoms with Gasteiger partial charge in [0.2, 0.25) is 9.84 Å². The predicted octanol–water partition coefficient (Wildman–Crippen LogP) is 6.96. The van der Waals surface area contributed by atoms with Gasteiger partial charge in [0, 0.05) is 40.0 Å². The molecule has 5 aromatic carbocycles. The lowest BCUT2D eigenvalue weighted by molar-refractivity contribution is 0.598. The number of hydrogen-bond acceptors (Lipinski definition) is 2. The lowest BCUT2D eigenvalue weighted by Gasteiger charge is -2.07. The van der Waals surface area contributed by atoms with Crippen LogP contribution in [-0.2, 0) is 16.9 Å². The normalized spacial score (nSPS) is 14.1. The van der Waals surface area contributed by atoms with E-state index in [0.29, 0.717) is 9.79 Å². The van der Waals surface area contributed by atoms with Crippen molar-refractivity contribution in [2.75, 3.05) is 0 Å². The van der Waals surface area contributed by atoms with Crippen LogP contribution in [0.5, 0.6) is 0 Å². The van der Waals surface area contributed by atoms with E-state index in [9.17, 15) is 8.42 Å². The number of aryl methyl sites for hydroxylation is 1. The first-order chi connectivity index (χ1) is 16.0. The van der Waals surface area contributed by atoms with Crippen LogP contribution in [-0.4, -0.2) is 13.0 Å². The highest BCUT2D eigenvalue weighted by atomic mass is 32.2. The van der Waals surface area contributed by atoms with E-state index >= 15 is 0 Å². The summed E-state index contributed by atoms with van der Waals surface area (Å²) in [5, 5.41) is 4.84. The first kappa shape index (κ1) is 18.7. The third-order valence-corrected chi connectivity index (χ3v) is 8.82. The third-order valence-electron chi connectivity index (χ3n) is 6.97. The molecule has 6 aromatic rings. The van der Waals surface area contributed by atoms with Crippen molar-refractivity contribution < 1.29 is 8.42 Å². The Morgan fingerprint density at radius 1 is 0.606 bits per heavy atom. The number of aromatic nitrogens is 1. The topological polar surface area (TPSA) is 39.1 Å². The molecule has 0 saturated heterocycles. The van der Waals surface area contributed by atoms with Gasteiger partial charge in [-0.3, -0.25) is 0 Å². The second-order valence-electron chi connectivity index (χ2n) is 8.68. The van der Waals surface area contributed by atoms with Crippen molar-refractivity contribution in [2.24, 2.45) is 7.05 Å². The van der Waals surface area contributed by atoms with Gasteiger partial charge in [0.25, 0.3) is 0 Å². The van der Waals surface area contributed by atoms with Crippen molar-refractivity contribution in [3.63, 3.8) is 0 Å². The molecule has 1 aliphatic rings. The summed E-state index contributed by atoms with van der Waals surface area (Å²) < 4.78 is 28.6. The zero-order valence-electron chi connectivity index (χ0n) is 17.9. The van der Waals surface area contributed by atoms with E-state index in [1.165, 1.54) is 27.1 Å². The molecular weight excluding hydrogens is 426 g/mol. The van der Waals surface area contributed by atoms with Crippen molar-refractivity contribution in [2.45, 2.75) is 9.79 Å². The van der Waals surface area contributed by atoms with E-state index in [2.05, 4.69) is 66.2 Å². The number of sulfone groups is 1. The van der Waals surface area contributed by atoms with Crippen LogP contribution in [0.25, 0.3) is 54.8 Å². The van der Waals surface area contributed by atoms with Crippen molar-refractivity contribution >= 4 is 42.4 Å². The molecule has 3 nitrogen and oxygen atoms in total. The maximum absolute atomic E-state index is 13.2. The van der Waals surface area contributed by atoms with Gasteiger partial charge in [-0.1, -0.05) is 66.7 Å². The predicted molar refractivity (Wildman–Crippen MR) is 134 cm³/mol. The van der Waals surface area contributed by atoms with Crippen LogP contribution in [0.4, 0.5) is 0 Å². The molecule has 0 N–H and O–H groups in total. The largest absolute Gasteiger partial charge is 0.344 e. The summed E-state index contributed by atoms with van der Waals surface area (Å²) in [5.74, 6) is 0. The Balaban J connectivity index is 1.49. The Labute approximate surface area is 191 Å². The molecule has 1 aliphatic heterocycles. The Hall–Kier alpha value is -3.89. The Morgan fingerprint density at radius 3 is 2.21 bits per heavy atom. The van der Waals surface area contributed by atoms with Gasteiger partial charge in [-0.25, -0.2) is 8.42 Å². The van der Waals surface area contributed by atoms with Gasteiger partial charge >= 0.3 is 0 Å². The monoisotopic (exact) mass is 445 g/mol. The minimum absolute atomic E-state index is 0.393. The summed E-state index contributed by atoms with van der Waals surface area (Å²) in [4.78, 5) is 0.790. The van der Waals surface area contributed by atoms with Crippen LogP contribution < -0.4 is 0 Å². The van der Waals surface area contributed by atoms with Crippen molar-refractivity contribution in [1.82, 2.24) is 4.57 Å². The number of hydrogen-bond donors (Lipinski definition) is 0. The first-order valence-electron chi connectivity index (χ1n) is 10.9. The quantitative estimate of drug-likeness (QED) is 0.274. The van der Waals surface area contributed by atoms with Crippen LogP contribution in [0.2, 0.25) is 0 Å². The summed E-state index contributed by atoms with van der Waals surface area (Å²) >= 11 is 0. The first-order valence-corrected chi connectivity index (χ1v) is 12.4. The average molecular weight is 446 g/mol. The molecule has 33 heavy (non-hydrogen) atoms. The minimum atomic E-state index is -3.50. The SMILES string of the molecule is Cn1c2ccc(-c3ccc4c(c3)S(=O)(=O)c3ccccc3-4)cc2c2c3ccccc3ccc21. The Kier molecular flexibility index (Phi) is 3.58. The molecule has 7 rings (SSSR count). The van der Waals surface area contributed by atoms with E-state index in [1.54, 1.807) is 12.1 Å². The second-order valence-corrected chi connectivity index (χ2v) is 10.6. The molecule has 1 aromatic heterocycles.